The predicted molar refractivity (Wildman–Crippen MR) is 113 cm³/mol. The van der Waals surface area contributed by atoms with Gasteiger partial charge in [0.05, 0.1) is 24.2 Å². The highest BCUT2D eigenvalue weighted by atomic mass is 32.2. The highest BCUT2D eigenvalue weighted by molar-refractivity contribution is 7.89. The van der Waals surface area contributed by atoms with E-state index in [1.54, 1.807) is 12.1 Å². The fourth-order valence-corrected chi connectivity index (χ4v) is 5.00. The fraction of sp³-hybridized carbons (Fsp3) is 0.409. The van der Waals surface area contributed by atoms with Crippen molar-refractivity contribution < 1.29 is 17.9 Å². The van der Waals surface area contributed by atoms with Gasteiger partial charge in [-0.1, -0.05) is 18.2 Å². The number of carbonyl (C=O) groups is 1. The smallest absolute Gasteiger partial charge is 0.251 e. The molecule has 0 radical (unpaired) electrons. The van der Waals surface area contributed by atoms with Crippen molar-refractivity contribution in [3.8, 4) is 0 Å². The standard InChI is InChI=1S/C22H28N2O4S/c1-15-12-17(3)21(13-16(15)2)18(4)23-22(25)19-6-5-7-20(14-19)29(26,27)24-8-10-28-11-9-24/h5-7,12-14,18H,8-11H2,1-4H3,(H,23,25)/t18-/m0/s1. The lowest BCUT2D eigenvalue weighted by atomic mass is 9.96. The van der Waals surface area contributed by atoms with Crippen molar-refractivity contribution in [3.63, 3.8) is 0 Å². The van der Waals surface area contributed by atoms with Crippen LogP contribution >= 0.6 is 0 Å². The fourth-order valence-electron chi connectivity index (χ4n) is 3.54. The molecule has 1 aliphatic heterocycles. The number of aryl methyl sites for hydroxylation is 3. The molecule has 0 aliphatic carbocycles. The van der Waals surface area contributed by atoms with Crippen molar-refractivity contribution in [2.24, 2.45) is 0 Å². The van der Waals surface area contributed by atoms with Crippen LogP contribution in [0.15, 0.2) is 41.3 Å². The molecule has 1 aliphatic rings. The summed E-state index contributed by atoms with van der Waals surface area (Å²) in [5.74, 6) is -0.297. The number of hydrogen-bond donors (Lipinski definition) is 1. The second kappa shape index (κ2) is 8.65. The summed E-state index contributed by atoms with van der Waals surface area (Å²) >= 11 is 0. The van der Waals surface area contributed by atoms with E-state index in [9.17, 15) is 13.2 Å². The third-order valence-corrected chi connectivity index (χ3v) is 7.30. The molecule has 1 amide bonds. The topological polar surface area (TPSA) is 75.7 Å². The minimum atomic E-state index is -3.64. The van der Waals surface area contributed by atoms with Crippen LogP contribution in [0.2, 0.25) is 0 Å². The summed E-state index contributed by atoms with van der Waals surface area (Å²) in [5.41, 5.74) is 4.88. The van der Waals surface area contributed by atoms with Crippen molar-refractivity contribution in [1.82, 2.24) is 9.62 Å². The third kappa shape index (κ3) is 4.69. The Balaban J connectivity index is 1.80. The summed E-state index contributed by atoms with van der Waals surface area (Å²) in [6.07, 6.45) is 0. The number of amides is 1. The molecule has 0 saturated carbocycles. The molecule has 0 aromatic heterocycles. The summed E-state index contributed by atoms with van der Waals surface area (Å²) in [6, 6.07) is 10.2. The van der Waals surface area contributed by atoms with Crippen molar-refractivity contribution in [1.29, 1.82) is 0 Å². The van der Waals surface area contributed by atoms with E-state index in [0.717, 1.165) is 11.1 Å². The molecule has 1 N–H and O–H groups in total. The van der Waals surface area contributed by atoms with Crippen molar-refractivity contribution in [2.75, 3.05) is 26.3 Å². The molecule has 3 rings (SSSR count). The molecule has 0 unspecified atom stereocenters. The first kappa shape index (κ1) is 21.5. The van der Waals surface area contributed by atoms with Crippen molar-refractivity contribution in [3.05, 3.63) is 64.2 Å². The zero-order valence-electron chi connectivity index (χ0n) is 17.4. The highest BCUT2D eigenvalue weighted by Crippen LogP contribution is 2.23. The lowest BCUT2D eigenvalue weighted by molar-refractivity contribution is 0.0730. The van der Waals surface area contributed by atoms with Gasteiger partial charge in [-0.3, -0.25) is 4.79 Å². The van der Waals surface area contributed by atoms with Crippen LogP contribution in [0.4, 0.5) is 0 Å². The van der Waals surface area contributed by atoms with Gasteiger partial charge in [-0.05, 0) is 68.1 Å². The minimum absolute atomic E-state index is 0.127. The molecule has 156 valence electrons. The second-order valence-electron chi connectivity index (χ2n) is 7.53. The van der Waals surface area contributed by atoms with Crippen LogP contribution < -0.4 is 5.32 Å². The van der Waals surface area contributed by atoms with E-state index >= 15 is 0 Å². The summed E-state index contributed by atoms with van der Waals surface area (Å²) in [5, 5.41) is 2.99. The lowest BCUT2D eigenvalue weighted by Gasteiger charge is -2.26. The Kier molecular flexibility index (Phi) is 6.41. The van der Waals surface area contributed by atoms with Gasteiger partial charge in [-0.25, -0.2) is 8.42 Å². The average Bonchev–Trinajstić information content (AvgIpc) is 2.71. The Morgan fingerprint density at radius 3 is 2.38 bits per heavy atom. The van der Waals surface area contributed by atoms with E-state index < -0.39 is 10.0 Å². The number of sulfonamides is 1. The monoisotopic (exact) mass is 416 g/mol. The molecule has 29 heavy (non-hydrogen) atoms. The minimum Gasteiger partial charge on any atom is -0.379 e. The van der Waals surface area contributed by atoms with Crippen LogP contribution in [0, 0.1) is 20.8 Å². The van der Waals surface area contributed by atoms with Gasteiger partial charge >= 0.3 is 0 Å². The molecule has 7 heteroatoms. The molecule has 2 aromatic carbocycles. The number of rotatable bonds is 5. The molecule has 1 saturated heterocycles. The van der Waals surface area contributed by atoms with Gasteiger partial charge in [0.15, 0.2) is 0 Å². The third-order valence-electron chi connectivity index (χ3n) is 5.40. The van der Waals surface area contributed by atoms with Gasteiger partial charge < -0.3 is 10.1 Å². The SMILES string of the molecule is Cc1cc(C)c([C@H](C)NC(=O)c2cccc(S(=O)(=O)N3CCOCC3)c2)cc1C. The first-order valence-electron chi connectivity index (χ1n) is 9.76. The van der Waals surface area contributed by atoms with Gasteiger partial charge in [0.1, 0.15) is 0 Å². The van der Waals surface area contributed by atoms with Gasteiger partial charge in [0, 0.05) is 18.7 Å². The number of nitrogens with one attached hydrogen (secondary N) is 1. The zero-order valence-corrected chi connectivity index (χ0v) is 18.2. The Morgan fingerprint density at radius 1 is 1.03 bits per heavy atom. The number of morpholine rings is 1. The number of carbonyl (C=O) groups excluding carboxylic acids is 1. The summed E-state index contributed by atoms with van der Waals surface area (Å²) in [7, 11) is -3.64. The van der Waals surface area contributed by atoms with E-state index in [2.05, 4.69) is 24.4 Å². The molecule has 0 bridgehead atoms. The number of hydrogen-bond acceptors (Lipinski definition) is 4. The van der Waals surface area contributed by atoms with Crippen LogP contribution in [0.3, 0.4) is 0 Å². The zero-order chi connectivity index (χ0) is 21.2. The molecule has 1 fully saturated rings. The number of ether oxygens (including phenoxy) is 1. The van der Waals surface area contributed by atoms with E-state index in [1.807, 2.05) is 20.8 Å². The number of benzene rings is 2. The van der Waals surface area contributed by atoms with Gasteiger partial charge in [0.25, 0.3) is 5.91 Å². The quantitative estimate of drug-likeness (QED) is 0.813. The highest BCUT2D eigenvalue weighted by Gasteiger charge is 2.27. The normalized spacial score (nSPS) is 16.4. The maximum absolute atomic E-state index is 12.9. The van der Waals surface area contributed by atoms with Crippen molar-refractivity contribution in [2.45, 2.75) is 38.6 Å². The van der Waals surface area contributed by atoms with Crippen LogP contribution in [-0.4, -0.2) is 44.9 Å². The van der Waals surface area contributed by atoms with Crippen molar-refractivity contribution >= 4 is 15.9 Å². The molecule has 0 spiro atoms. The van der Waals surface area contributed by atoms with Crippen LogP contribution in [0.25, 0.3) is 0 Å². The lowest BCUT2D eigenvalue weighted by Crippen LogP contribution is -2.40. The van der Waals surface area contributed by atoms with Crippen LogP contribution in [-0.2, 0) is 14.8 Å². The Labute approximate surface area is 172 Å². The maximum Gasteiger partial charge on any atom is 0.251 e. The van der Waals surface area contributed by atoms with E-state index in [0.29, 0.717) is 31.9 Å². The summed E-state index contributed by atoms with van der Waals surface area (Å²) < 4.78 is 32.3. The summed E-state index contributed by atoms with van der Waals surface area (Å²) in [4.78, 5) is 12.9. The molecule has 1 atom stereocenters. The first-order valence-corrected chi connectivity index (χ1v) is 11.2. The van der Waals surface area contributed by atoms with Crippen LogP contribution in [0.5, 0.6) is 0 Å². The summed E-state index contributed by atoms with van der Waals surface area (Å²) in [6.45, 7) is 9.48. The Morgan fingerprint density at radius 2 is 1.69 bits per heavy atom. The molecule has 6 nitrogen and oxygen atoms in total. The van der Waals surface area contributed by atoms with Gasteiger partial charge in [-0.2, -0.15) is 4.31 Å². The van der Waals surface area contributed by atoms with E-state index in [-0.39, 0.29) is 16.8 Å². The van der Waals surface area contributed by atoms with Gasteiger partial charge in [-0.15, -0.1) is 0 Å². The Hall–Kier alpha value is -2.22. The molecule has 2 aromatic rings. The van der Waals surface area contributed by atoms with E-state index in [4.69, 9.17) is 4.74 Å². The molecular formula is C22H28N2O4S. The maximum atomic E-state index is 12.9. The van der Waals surface area contributed by atoms with E-state index in [1.165, 1.54) is 27.6 Å². The number of nitrogens with zero attached hydrogens (tertiary/aromatic N) is 1. The Bertz CT molecular complexity index is 1010. The predicted octanol–water partition coefficient (Wildman–Crippen LogP) is 3.12. The molecule has 1 heterocycles. The molecular weight excluding hydrogens is 388 g/mol. The first-order chi connectivity index (χ1) is 13.7. The average molecular weight is 417 g/mol. The largest absolute Gasteiger partial charge is 0.379 e. The van der Waals surface area contributed by atoms with Gasteiger partial charge in [0.2, 0.25) is 10.0 Å². The second-order valence-corrected chi connectivity index (χ2v) is 9.47. The van der Waals surface area contributed by atoms with Crippen LogP contribution in [0.1, 0.15) is 45.6 Å².